The van der Waals surface area contributed by atoms with E-state index in [4.69, 9.17) is 5.73 Å². The SMILES string of the molecule is Cc1cc(NC(=O)c2cncc(N)n2)n(C)n1. The number of nitrogens with one attached hydrogen (secondary N) is 1. The summed E-state index contributed by atoms with van der Waals surface area (Å²) < 4.78 is 1.58. The molecular formula is C10H12N6O. The lowest BCUT2D eigenvalue weighted by Gasteiger charge is -2.04. The zero-order valence-electron chi connectivity index (χ0n) is 9.51. The maximum atomic E-state index is 11.8. The van der Waals surface area contributed by atoms with E-state index in [1.807, 2.05) is 6.92 Å². The number of aromatic nitrogens is 4. The summed E-state index contributed by atoms with van der Waals surface area (Å²) >= 11 is 0. The van der Waals surface area contributed by atoms with Gasteiger partial charge in [-0.2, -0.15) is 5.10 Å². The molecule has 0 saturated carbocycles. The molecule has 0 aliphatic heterocycles. The molecule has 0 aliphatic rings. The molecule has 0 atom stereocenters. The van der Waals surface area contributed by atoms with E-state index in [1.165, 1.54) is 12.4 Å². The standard InChI is InChI=1S/C10H12N6O/c1-6-3-9(16(2)15-6)14-10(17)7-4-12-5-8(11)13-7/h3-5H,1-2H3,(H2,11,13)(H,14,17). The number of nitrogen functional groups attached to an aromatic ring is 1. The monoisotopic (exact) mass is 232 g/mol. The number of nitrogens with two attached hydrogens (primary N) is 1. The summed E-state index contributed by atoms with van der Waals surface area (Å²) in [6, 6.07) is 1.76. The van der Waals surface area contributed by atoms with Crippen LogP contribution >= 0.6 is 0 Å². The Bertz CT molecular complexity index is 562. The van der Waals surface area contributed by atoms with Crippen molar-refractivity contribution >= 4 is 17.5 Å². The van der Waals surface area contributed by atoms with Gasteiger partial charge < -0.3 is 11.1 Å². The molecular weight excluding hydrogens is 220 g/mol. The molecule has 2 rings (SSSR count). The molecule has 88 valence electrons. The van der Waals surface area contributed by atoms with Crippen molar-refractivity contribution in [1.29, 1.82) is 0 Å². The van der Waals surface area contributed by atoms with Crippen molar-refractivity contribution in [3.8, 4) is 0 Å². The molecule has 0 saturated heterocycles. The van der Waals surface area contributed by atoms with E-state index in [0.717, 1.165) is 5.69 Å². The van der Waals surface area contributed by atoms with Gasteiger partial charge in [0.15, 0.2) is 0 Å². The normalized spacial score (nSPS) is 10.2. The summed E-state index contributed by atoms with van der Waals surface area (Å²) in [5.41, 5.74) is 6.44. The summed E-state index contributed by atoms with van der Waals surface area (Å²) in [5.74, 6) is 0.434. The number of hydrogen-bond donors (Lipinski definition) is 2. The van der Waals surface area contributed by atoms with Crippen molar-refractivity contribution in [3.63, 3.8) is 0 Å². The van der Waals surface area contributed by atoms with E-state index >= 15 is 0 Å². The van der Waals surface area contributed by atoms with Crippen LogP contribution in [0.4, 0.5) is 11.6 Å². The number of carbonyl (C=O) groups excluding carboxylic acids is 1. The summed E-state index contributed by atoms with van der Waals surface area (Å²) in [6.07, 6.45) is 2.74. The lowest BCUT2D eigenvalue weighted by Crippen LogP contribution is -2.16. The van der Waals surface area contributed by atoms with Crippen LogP contribution in [0.5, 0.6) is 0 Å². The Labute approximate surface area is 97.7 Å². The molecule has 17 heavy (non-hydrogen) atoms. The third-order valence-electron chi connectivity index (χ3n) is 2.13. The van der Waals surface area contributed by atoms with Gasteiger partial charge in [0.2, 0.25) is 0 Å². The molecule has 7 heteroatoms. The minimum absolute atomic E-state index is 0.170. The first-order chi connectivity index (χ1) is 8.06. The number of amides is 1. The van der Waals surface area contributed by atoms with Gasteiger partial charge >= 0.3 is 0 Å². The van der Waals surface area contributed by atoms with Crippen LogP contribution in [0, 0.1) is 6.92 Å². The van der Waals surface area contributed by atoms with Gasteiger partial charge in [-0.3, -0.25) is 14.5 Å². The van der Waals surface area contributed by atoms with Crippen molar-refractivity contribution in [2.75, 3.05) is 11.1 Å². The highest BCUT2D eigenvalue weighted by molar-refractivity contribution is 6.02. The zero-order chi connectivity index (χ0) is 12.4. The lowest BCUT2D eigenvalue weighted by atomic mass is 10.4. The Morgan fingerprint density at radius 1 is 1.47 bits per heavy atom. The van der Waals surface area contributed by atoms with E-state index in [2.05, 4.69) is 20.4 Å². The summed E-state index contributed by atoms with van der Waals surface area (Å²) in [7, 11) is 1.74. The second-order valence-electron chi connectivity index (χ2n) is 3.58. The van der Waals surface area contributed by atoms with Gasteiger partial charge in [-0.15, -0.1) is 0 Å². The van der Waals surface area contributed by atoms with Crippen molar-refractivity contribution in [2.24, 2.45) is 7.05 Å². The Hall–Kier alpha value is -2.44. The number of hydrogen-bond acceptors (Lipinski definition) is 5. The predicted molar refractivity (Wildman–Crippen MR) is 62.3 cm³/mol. The third-order valence-corrected chi connectivity index (χ3v) is 2.13. The Kier molecular flexibility index (Phi) is 2.73. The molecule has 0 spiro atoms. The molecule has 2 heterocycles. The maximum absolute atomic E-state index is 11.8. The van der Waals surface area contributed by atoms with E-state index in [9.17, 15) is 4.79 Å². The number of carbonyl (C=O) groups is 1. The van der Waals surface area contributed by atoms with Crippen LogP contribution in [0.3, 0.4) is 0 Å². The minimum atomic E-state index is -0.368. The zero-order valence-corrected chi connectivity index (χ0v) is 9.51. The Balaban J connectivity index is 2.20. The first kappa shape index (κ1) is 11.1. The van der Waals surface area contributed by atoms with Gasteiger partial charge in [-0.1, -0.05) is 0 Å². The van der Waals surface area contributed by atoms with Crippen LogP contribution in [0.2, 0.25) is 0 Å². The molecule has 0 aromatic carbocycles. The predicted octanol–water partition coefficient (Wildman–Crippen LogP) is 0.353. The van der Waals surface area contributed by atoms with Gasteiger partial charge in [-0.05, 0) is 6.92 Å². The largest absolute Gasteiger partial charge is 0.382 e. The lowest BCUT2D eigenvalue weighted by molar-refractivity contribution is 0.102. The molecule has 3 N–H and O–H groups in total. The van der Waals surface area contributed by atoms with E-state index in [1.54, 1.807) is 17.8 Å². The molecule has 0 radical (unpaired) electrons. The summed E-state index contributed by atoms with van der Waals surface area (Å²) in [6.45, 7) is 1.84. The fourth-order valence-corrected chi connectivity index (χ4v) is 1.40. The van der Waals surface area contributed by atoms with Crippen molar-refractivity contribution in [3.05, 3.63) is 29.8 Å². The second kappa shape index (κ2) is 4.20. The number of aryl methyl sites for hydroxylation is 2. The fourth-order valence-electron chi connectivity index (χ4n) is 1.40. The van der Waals surface area contributed by atoms with E-state index in [-0.39, 0.29) is 17.4 Å². The quantitative estimate of drug-likeness (QED) is 0.778. The first-order valence-corrected chi connectivity index (χ1v) is 4.96. The third kappa shape index (κ3) is 2.39. The number of nitrogens with zero attached hydrogens (tertiary/aromatic N) is 4. The minimum Gasteiger partial charge on any atom is -0.382 e. The van der Waals surface area contributed by atoms with Gasteiger partial charge in [0.25, 0.3) is 5.91 Å². The highest BCUT2D eigenvalue weighted by Crippen LogP contribution is 2.09. The van der Waals surface area contributed by atoms with Crippen molar-refractivity contribution in [2.45, 2.75) is 6.92 Å². The maximum Gasteiger partial charge on any atom is 0.277 e. The smallest absolute Gasteiger partial charge is 0.277 e. The average Bonchev–Trinajstić information content (AvgIpc) is 2.57. The summed E-state index contributed by atoms with van der Waals surface area (Å²) in [4.78, 5) is 19.5. The average molecular weight is 232 g/mol. The van der Waals surface area contributed by atoms with E-state index < -0.39 is 0 Å². The Morgan fingerprint density at radius 2 is 2.24 bits per heavy atom. The van der Waals surface area contributed by atoms with Crippen LogP contribution in [-0.2, 0) is 7.05 Å². The van der Waals surface area contributed by atoms with E-state index in [0.29, 0.717) is 5.82 Å². The summed E-state index contributed by atoms with van der Waals surface area (Å²) in [5, 5.41) is 6.79. The van der Waals surface area contributed by atoms with Crippen LogP contribution in [0.1, 0.15) is 16.2 Å². The van der Waals surface area contributed by atoms with Gasteiger partial charge in [0.05, 0.1) is 18.1 Å². The van der Waals surface area contributed by atoms with Crippen molar-refractivity contribution in [1.82, 2.24) is 19.7 Å². The van der Waals surface area contributed by atoms with Crippen LogP contribution in [0.15, 0.2) is 18.5 Å². The van der Waals surface area contributed by atoms with Gasteiger partial charge in [-0.25, -0.2) is 4.98 Å². The molecule has 0 bridgehead atoms. The molecule has 2 aromatic rings. The molecule has 7 nitrogen and oxygen atoms in total. The highest BCUT2D eigenvalue weighted by atomic mass is 16.2. The second-order valence-corrected chi connectivity index (χ2v) is 3.58. The van der Waals surface area contributed by atoms with Crippen LogP contribution < -0.4 is 11.1 Å². The van der Waals surface area contributed by atoms with Crippen LogP contribution in [0.25, 0.3) is 0 Å². The van der Waals surface area contributed by atoms with Crippen molar-refractivity contribution < 1.29 is 4.79 Å². The molecule has 2 aromatic heterocycles. The topological polar surface area (TPSA) is 98.7 Å². The number of anilines is 2. The molecule has 0 aliphatic carbocycles. The van der Waals surface area contributed by atoms with Crippen LogP contribution in [-0.4, -0.2) is 25.7 Å². The fraction of sp³-hybridized carbons (Fsp3) is 0.200. The highest BCUT2D eigenvalue weighted by Gasteiger charge is 2.11. The molecule has 1 amide bonds. The van der Waals surface area contributed by atoms with Gasteiger partial charge in [0.1, 0.15) is 17.3 Å². The Morgan fingerprint density at radius 3 is 2.82 bits per heavy atom. The molecule has 0 unspecified atom stereocenters. The van der Waals surface area contributed by atoms with Gasteiger partial charge in [0, 0.05) is 13.1 Å². The molecule has 0 fully saturated rings. The first-order valence-electron chi connectivity index (χ1n) is 4.96. The number of rotatable bonds is 2.